The number of carbonyl (C=O) groups is 1. The molecular formula is C25H22Cl2N2OS. The van der Waals surface area contributed by atoms with Gasteiger partial charge in [0, 0.05) is 45.1 Å². The predicted molar refractivity (Wildman–Crippen MR) is 130 cm³/mol. The Morgan fingerprint density at radius 2 is 2.00 bits per heavy atom. The molecule has 0 N–H and O–H groups in total. The zero-order valence-electron chi connectivity index (χ0n) is 17.1. The molecule has 31 heavy (non-hydrogen) atoms. The molecule has 5 rings (SSSR count). The van der Waals surface area contributed by atoms with Crippen LogP contribution in [0.25, 0.3) is 10.9 Å². The summed E-state index contributed by atoms with van der Waals surface area (Å²) in [7, 11) is 0. The number of hydrogen-bond acceptors (Lipinski definition) is 2. The summed E-state index contributed by atoms with van der Waals surface area (Å²) >= 11 is 14.3. The van der Waals surface area contributed by atoms with E-state index in [-0.39, 0.29) is 11.9 Å². The van der Waals surface area contributed by atoms with Crippen LogP contribution in [-0.2, 0) is 19.4 Å². The highest BCUT2D eigenvalue weighted by atomic mass is 35.5. The van der Waals surface area contributed by atoms with Crippen LogP contribution in [0.3, 0.4) is 0 Å². The minimum atomic E-state index is -0.0429. The van der Waals surface area contributed by atoms with E-state index in [1.54, 1.807) is 17.4 Å². The van der Waals surface area contributed by atoms with Gasteiger partial charge < -0.3 is 9.47 Å². The number of benzene rings is 2. The van der Waals surface area contributed by atoms with Crippen molar-refractivity contribution in [3.8, 4) is 0 Å². The van der Waals surface area contributed by atoms with Crippen molar-refractivity contribution < 1.29 is 4.79 Å². The van der Waals surface area contributed by atoms with E-state index in [1.807, 2.05) is 41.4 Å². The van der Waals surface area contributed by atoms with Crippen LogP contribution in [0.4, 0.5) is 0 Å². The Morgan fingerprint density at radius 3 is 2.81 bits per heavy atom. The number of rotatable bonds is 4. The van der Waals surface area contributed by atoms with Gasteiger partial charge in [-0.25, -0.2) is 0 Å². The average molecular weight is 469 g/mol. The second-order valence-corrected chi connectivity index (χ2v) is 9.65. The van der Waals surface area contributed by atoms with Crippen molar-refractivity contribution in [2.75, 3.05) is 6.54 Å². The Balaban J connectivity index is 1.56. The molecule has 1 aliphatic heterocycles. The number of para-hydroxylation sites is 1. The lowest BCUT2D eigenvalue weighted by Crippen LogP contribution is -2.40. The molecule has 6 heteroatoms. The quantitative estimate of drug-likeness (QED) is 0.316. The van der Waals surface area contributed by atoms with Crippen molar-refractivity contribution in [1.29, 1.82) is 0 Å². The fourth-order valence-electron chi connectivity index (χ4n) is 4.56. The SMILES string of the molecule is CCn1cc(C(=O)N2CCc3ccsc3C2Cc2ccc(Cl)cc2Cl)c2ccccc21. The van der Waals surface area contributed by atoms with Crippen molar-refractivity contribution in [2.24, 2.45) is 0 Å². The van der Waals surface area contributed by atoms with Gasteiger partial charge in [0.05, 0.1) is 11.6 Å². The van der Waals surface area contributed by atoms with Crippen molar-refractivity contribution in [2.45, 2.75) is 32.4 Å². The summed E-state index contributed by atoms with van der Waals surface area (Å²) in [6.07, 6.45) is 3.55. The molecule has 1 amide bonds. The summed E-state index contributed by atoms with van der Waals surface area (Å²) in [6, 6.07) is 15.9. The van der Waals surface area contributed by atoms with Crippen molar-refractivity contribution in [1.82, 2.24) is 9.47 Å². The van der Waals surface area contributed by atoms with Crippen molar-refractivity contribution in [3.05, 3.63) is 91.7 Å². The number of thiophene rings is 1. The first-order chi connectivity index (χ1) is 15.1. The molecule has 1 aliphatic rings. The molecule has 1 unspecified atom stereocenters. The number of nitrogens with zero attached hydrogens (tertiary/aromatic N) is 2. The van der Waals surface area contributed by atoms with Gasteiger partial charge in [-0.3, -0.25) is 4.79 Å². The summed E-state index contributed by atoms with van der Waals surface area (Å²) < 4.78 is 2.15. The van der Waals surface area contributed by atoms with Gasteiger partial charge in [-0.1, -0.05) is 47.5 Å². The Morgan fingerprint density at radius 1 is 1.16 bits per heavy atom. The third-order valence-corrected chi connectivity index (χ3v) is 7.78. The van der Waals surface area contributed by atoms with Crippen LogP contribution in [0.1, 0.15) is 39.3 Å². The third kappa shape index (κ3) is 3.67. The number of hydrogen-bond donors (Lipinski definition) is 0. The summed E-state index contributed by atoms with van der Waals surface area (Å²) in [6.45, 7) is 3.63. The van der Waals surface area contributed by atoms with Crippen LogP contribution in [0.5, 0.6) is 0 Å². The average Bonchev–Trinajstić information content (AvgIpc) is 3.40. The second kappa shape index (κ2) is 8.34. The molecule has 0 saturated heterocycles. The normalized spacial score (nSPS) is 16.0. The molecule has 4 aromatic rings. The first kappa shape index (κ1) is 20.6. The molecule has 0 spiro atoms. The van der Waals surface area contributed by atoms with E-state index in [0.29, 0.717) is 23.0 Å². The van der Waals surface area contributed by atoms with Crippen LogP contribution in [0.2, 0.25) is 10.0 Å². The Bertz CT molecular complexity index is 1280. The third-order valence-electron chi connectivity index (χ3n) is 6.13. The van der Waals surface area contributed by atoms with Gasteiger partial charge in [-0.2, -0.15) is 0 Å². The molecule has 0 radical (unpaired) electrons. The monoisotopic (exact) mass is 468 g/mol. The predicted octanol–water partition coefficient (Wildman–Crippen LogP) is 7.01. The lowest BCUT2D eigenvalue weighted by Gasteiger charge is -2.36. The largest absolute Gasteiger partial charge is 0.347 e. The molecule has 0 bridgehead atoms. The minimum absolute atomic E-state index is 0.0429. The summed E-state index contributed by atoms with van der Waals surface area (Å²) in [5, 5.41) is 4.40. The van der Waals surface area contributed by atoms with Gasteiger partial charge in [0.25, 0.3) is 5.91 Å². The van der Waals surface area contributed by atoms with Gasteiger partial charge in [0.2, 0.25) is 0 Å². The van der Waals surface area contributed by atoms with Gasteiger partial charge in [-0.15, -0.1) is 11.3 Å². The molecule has 3 nitrogen and oxygen atoms in total. The fraction of sp³-hybridized carbons (Fsp3) is 0.240. The topological polar surface area (TPSA) is 25.2 Å². The first-order valence-electron chi connectivity index (χ1n) is 10.5. The smallest absolute Gasteiger partial charge is 0.256 e. The summed E-state index contributed by atoms with van der Waals surface area (Å²) in [5.41, 5.74) is 4.20. The number of amides is 1. The number of halogens is 2. The van der Waals surface area contributed by atoms with Crippen LogP contribution in [0, 0.1) is 0 Å². The Labute approximate surface area is 195 Å². The van der Waals surface area contributed by atoms with E-state index in [4.69, 9.17) is 23.2 Å². The fourth-order valence-corrected chi connectivity index (χ4v) is 6.11. The standard InChI is InChI=1S/C25H22Cl2N2OS/c1-2-28-15-20(19-5-3-4-6-22(19)28)25(30)29-11-9-16-10-12-31-24(16)23(29)13-17-7-8-18(26)14-21(17)27/h3-8,10,12,14-15,23H,2,9,11,13H2,1H3. The van der Waals surface area contributed by atoms with Gasteiger partial charge in [0.15, 0.2) is 0 Å². The molecular weight excluding hydrogens is 447 g/mol. The molecule has 0 fully saturated rings. The van der Waals surface area contributed by atoms with Crippen molar-refractivity contribution in [3.63, 3.8) is 0 Å². The maximum absolute atomic E-state index is 13.9. The number of aromatic nitrogens is 1. The highest BCUT2D eigenvalue weighted by Gasteiger charge is 2.34. The lowest BCUT2D eigenvalue weighted by atomic mass is 9.94. The minimum Gasteiger partial charge on any atom is -0.347 e. The molecule has 0 aliphatic carbocycles. The second-order valence-electron chi connectivity index (χ2n) is 7.86. The molecule has 1 atom stereocenters. The van der Waals surface area contributed by atoms with Crippen LogP contribution < -0.4 is 0 Å². The van der Waals surface area contributed by atoms with E-state index in [2.05, 4.69) is 29.0 Å². The summed E-state index contributed by atoms with van der Waals surface area (Å²) in [4.78, 5) is 17.2. The van der Waals surface area contributed by atoms with Crippen LogP contribution in [-0.4, -0.2) is 21.9 Å². The molecule has 0 saturated carbocycles. The van der Waals surface area contributed by atoms with Crippen LogP contribution in [0.15, 0.2) is 60.1 Å². The van der Waals surface area contributed by atoms with Gasteiger partial charge in [-0.05, 0) is 60.5 Å². The van der Waals surface area contributed by atoms with Gasteiger partial charge >= 0.3 is 0 Å². The molecule has 3 heterocycles. The van der Waals surface area contributed by atoms with E-state index in [0.717, 1.165) is 35.0 Å². The number of aryl methyl sites for hydroxylation is 1. The molecule has 2 aromatic carbocycles. The summed E-state index contributed by atoms with van der Waals surface area (Å²) in [5.74, 6) is 0.0811. The number of carbonyl (C=O) groups excluding carboxylic acids is 1. The Hall–Kier alpha value is -2.27. The van der Waals surface area contributed by atoms with Gasteiger partial charge in [0.1, 0.15) is 0 Å². The molecule has 2 aromatic heterocycles. The van der Waals surface area contributed by atoms with E-state index in [1.165, 1.54) is 10.4 Å². The highest BCUT2D eigenvalue weighted by Crippen LogP contribution is 2.39. The van der Waals surface area contributed by atoms with E-state index >= 15 is 0 Å². The first-order valence-corrected chi connectivity index (χ1v) is 12.1. The Kier molecular flexibility index (Phi) is 5.55. The molecule has 158 valence electrons. The highest BCUT2D eigenvalue weighted by molar-refractivity contribution is 7.10. The van der Waals surface area contributed by atoms with E-state index < -0.39 is 0 Å². The zero-order valence-corrected chi connectivity index (χ0v) is 19.5. The number of fused-ring (bicyclic) bond motifs is 2. The zero-order chi connectivity index (χ0) is 21.5. The van der Waals surface area contributed by atoms with E-state index in [9.17, 15) is 4.79 Å². The van der Waals surface area contributed by atoms with Crippen molar-refractivity contribution >= 4 is 51.3 Å². The maximum Gasteiger partial charge on any atom is 0.256 e. The maximum atomic E-state index is 13.9. The van der Waals surface area contributed by atoms with Crippen LogP contribution >= 0.6 is 34.5 Å². The lowest BCUT2D eigenvalue weighted by molar-refractivity contribution is 0.0666.